The van der Waals surface area contributed by atoms with Crippen LogP contribution in [0.4, 0.5) is 0 Å². The monoisotopic (exact) mass is 687 g/mol. The first kappa shape index (κ1) is 31.5. The molecule has 0 amide bonds. The first-order valence-corrected chi connectivity index (χ1v) is 18.3. The lowest BCUT2D eigenvalue weighted by Crippen LogP contribution is -1.97. The van der Waals surface area contributed by atoms with Crippen LogP contribution in [0, 0.1) is 0 Å². The highest BCUT2D eigenvalue weighted by Gasteiger charge is 2.19. The number of hydrogen-bond donors (Lipinski definition) is 0. The average Bonchev–Trinajstić information content (AvgIpc) is 3.26. The zero-order chi connectivity index (χ0) is 35.8. The van der Waals surface area contributed by atoms with Crippen molar-refractivity contribution in [1.82, 2.24) is 15.0 Å². The maximum absolute atomic E-state index is 5.33. The summed E-state index contributed by atoms with van der Waals surface area (Å²) in [5.41, 5.74) is 11.7. The Kier molecular flexibility index (Phi) is 7.81. The Morgan fingerprint density at radius 2 is 0.889 bits per heavy atom. The van der Waals surface area contributed by atoms with Crippen LogP contribution in [-0.2, 0) is 0 Å². The third kappa shape index (κ3) is 5.60. The Balaban J connectivity index is 1.20. The van der Waals surface area contributed by atoms with Crippen molar-refractivity contribution in [1.29, 1.82) is 0 Å². The van der Waals surface area contributed by atoms with Gasteiger partial charge in [0.05, 0.1) is 11.4 Å². The molecular weight excluding hydrogens is 655 g/mol. The van der Waals surface area contributed by atoms with E-state index in [1.54, 1.807) is 6.20 Å². The van der Waals surface area contributed by atoms with E-state index in [0.29, 0.717) is 5.82 Å². The second kappa shape index (κ2) is 13.4. The molecular formula is C51H33N3. The van der Waals surface area contributed by atoms with Gasteiger partial charge in [0, 0.05) is 34.6 Å². The maximum atomic E-state index is 5.33. The fourth-order valence-corrected chi connectivity index (χ4v) is 7.86. The topological polar surface area (TPSA) is 38.7 Å². The van der Waals surface area contributed by atoms with Crippen LogP contribution in [0.25, 0.3) is 99.6 Å². The van der Waals surface area contributed by atoms with Gasteiger partial charge in [-0.2, -0.15) is 0 Å². The normalized spacial score (nSPS) is 11.3. The Morgan fingerprint density at radius 1 is 0.315 bits per heavy atom. The molecule has 0 fully saturated rings. The molecule has 10 rings (SSSR count). The molecule has 10 aromatic rings. The van der Waals surface area contributed by atoms with Crippen LogP contribution in [0.1, 0.15) is 0 Å². The summed E-state index contributed by atoms with van der Waals surface area (Å²) in [6.45, 7) is 0. The van der Waals surface area contributed by atoms with E-state index in [1.165, 1.54) is 49.0 Å². The minimum Gasteiger partial charge on any atom is -0.264 e. The lowest BCUT2D eigenvalue weighted by atomic mass is 9.85. The van der Waals surface area contributed by atoms with Crippen molar-refractivity contribution in [2.75, 3.05) is 0 Å². The predicted molar refractivity (Wildman–Crippen MR) is 225 cm³/mol. The fourth-order valence-electron chi connectivity index (χ4n) is 7.86. The van der Waals surface area contributed by atoms with Gasteiger partial charge in [-0.3, -0.25) is 4.98 Å². The Morgan fingerprint density at radius 3 is 1.61 bits per heavy atom. The summed E-state index contributed by atoms with van der Waals surface area (Å²) in [5, 5.41) is 7.25. The van der Waals surface area contributed by atoms with Gasteiger partial charge in [0.1, 0.15) is 0 Å². The van der Waals surface area contributed by atoms with Crippen LogP contribution in [0.2, 0.25) is 0 Å². The highest BCUT2D eigenvalue weighted by Crippen LogP contribution is 2.44. The molecule has 0 aliphatic heterocycles. The minimum atomic E-state index is 0.674. The number of fused-ring (bicyclic) bond motifs is 3. The molecule has 0 atom stereocenters. The largest absolute Gasteiger partial charge is 0.264 e. The Bertz CT molecular complexity index is 2930. The molecule has 0 unspecified atom stereocenters. The first-order chi connectivity index (χ1) is 26.8. The van der Waals surface area contributed by atoms with E-state index >= 15 is 0 Å². The zero-order valence-corrected chi connectivity index (χ0v) is 29.4. The lowest BCUT2D eigenvalue weighted by Gasteiger charge is -2.18. The second-order valence-corrected chi connectivity index (χ2v) is 13.6. The van der Waals surface area contributed by atoms with Crippen LogP contribution in [0.15, 0.2) is 200 Å². The standard InChI is InChI=1S/C51H33N3/c1-2-15-35(16-3-1)49-43-23-8-10-25-45(43)50(46-26-11-9-24-44(46)49)38-18-12-19-39(31-38)51-53-47(37-28-27-34-14-4-5-17-36(34)30-37)32-48(54-51)42-22-7-6-21-41(42)40-20-13-29-52-33-40/h1-33H. The molecule has 252 valence electrons. The van der Waals surface area contributed by atoms with Gasteiger partial charge < -0.3 is 0 Å². The van der Waals surface area contributed by atoms with Gasteiger partial charge >= 0.3 is 0 Å². The smallest absolute Gasteiger partial charge is 0.160 e. The van der Waals surface area contributed by atoms with Gasteiger partial charge in [-0.1, -0.05) is 164 Å². The third-order valence-corrected chi connectivity index (χ3v) is 10.4. The van der Waals surface area contributed by atoms with Gasteiger partial charge in [-0.15, -0.1) is 0 Å². The first-order valence-electron chi connectivity index (χ1n) is 18.3. The zero-order valence-electron chi connectivity index (χ0n) is 29.4. The van der Waals surface area contributed by atoms with Crippen LogP contribution < -0.4 is 0 Å². The molecule has 0 bridgehead atoms. The highest BCUT2D eigenvalue weighted by atomic mass is 14.9. The van der Waals surface area contributed by atoms with E-state index in [0.717, 1.165) is 44.8 Å². The second-order valence-electron chi connectivity index (χ2n) is 13.6. The molecule has 8 aromatic carbocycles. The highest BCUT2D eigenvalue weighted by molar-refractivity contribution is 6.21. The summed E-state index contributed by atoms with van der Waals surface area (Å²) in [7, 11) is 0. The van der Waals surface area contributed by atoms with Gasteiger partial charge in [0.2, 0.25) is 0 Å². The van der Waals surface area contributed by atoms with Crippen LogP contribution in [0.3, 0.4) is 0 Å². The van der Waals surface area contributed by atoms with Crippen LogP contribution in [-0.4, -0.2) is 15.0 Å². The van der Waals surface area contributed by atoms with Gasteiger partial charge in [0.25, 0.3) is 0 Å². The minimum absolute atomic E-state index is 0.674. The van der Waals surface area contributed by atoms with E-state index in [2.05, 4.69) is 187 Å². The molecule has 0 spiro atoms. The van der Waals surface area contributed by atoms with Crippen molar-refractivity contribution >= 4 is 32.3 Å². The van der Waals surface area contributed by atoms with Crippen LogP contribution >= 0.6 is 0 Å². The average molecular weight is 688 g/mol. The number of pyridine rings is 1. The molecule has 0 aliphatic rings. The SMILES string of the molecule is c1ccc(-c2c3ccccc3c(-c3cccc(-c4nc(-c5ccc6ccccc6c5)cc(-c5ccccc5-c5cccnc5)n4)c3)c3ccccc23)cc1. The third-order valence-electron chi connectivity index (χ3n) is 10.4. The molecule has 54 heavy (non-hydrogen) atoms. The van der Waals surface area contributed by atoms with Crippen molar-refractivity contribution in [3.63, 3.8) is 0 Å². The molecule has 2 aromatic heterocycles. The van der Waals surface area contributed by atoms with Gasteiger partial charge in [-0.05, 0) is 84.4 Å². The predicted octanol–water partition coefficient (Wildman–Crippen LogP) is 13.3. The number of hydrogen-bond acceptors (Lipinski definition) is 3. The number of benzene rings is 8. The number of rotatable bonds is 6. The molecule has 0 N–H and O–H groups in total. The Labute approximate surface area is 313 Å². The van der Waals surface area contributed by atoms with Gasteiger partial charge in [-0.25, -0.2) is 9.97 Å². The summed E-state index contributed by atoms with van der Waals surface area (Å²) in [6, 6.07) is 66.6. The summed E-state index contributed by atoms with van der Waals surface area (Å²) in [5.74, 6) is 0.674. The van der Waals surface area contributed by atoms with Crippen molar-refractivity contribution in [3.05, 3.63) is 200 Å². The molecule has 3 nitrogen and oxygen atoms in total. The lowest BCUT2D eigenvalue weighted by molar-refractivity contribution is 1.18. The molecule has 0 saturated heterocycles. The van der Waals surface area contributed by atoms with E-state index in [-0.39, 0.29) is 0 Å². The molecule has 0 radical (unpaired) electrons. The fraction of sp³-hybridized carbons (Fsp3) is 0. The Hall–Kier alpha value is -7.23. The van der Waals surface area contributed by atoms with E-state index in [1.807, 2.05) is 12.3 Å². The maximum Gasteiger partial charge on any atom is 0.160 e. The molecule has 3 heteroatoms. The molecule has 0 saturated carbocycles. The summed E-state index contributed by atoms with van der Waals surface area (Å²) in [4.78, 5) is 15.1. The number of nitrogens with zero attached hydrogens (tertiary/aromatic N) is 3. The van der Waals surface area contributed by atoms with E-state index in [4.69, 9.17) is 9.97 Å². The summed E-state index contributed by atoms with van der Waals surface area (Å²) in [6.07, 6.45) is 3.72. The number of aromatic nitrogens is 3. The van der Waals surface area contributed by atoms with Gasteiger partial charge in [0.15, 0.2) is 5.82 Å². The van der Waals surface area contributed by atoms with Crippen molar-refractivity contribution < 1.29 is 0 Å². The van der Waals surface area contributed by atoms with Crippen molar-refractivity contribution in [2.45, 2.75) is 0 Å². The van der Waals surface area contributed by atoms with E-state index < -0.39 is 0 Å². The van der Waals surface area contributed by atoms with Crippen LogP contribution in [0.5, 0.6) is 0 Å². The quantitative estimate of drug-likeness (QED) is 0.163. The summed E-state index contributed by atoms with van der Waals surface area (Å²) >= 11 is 0. The molecule has 2 heterocycles. The van der Waals surface area contributed by atoms with E-state index in [9.17, 15) is 0 Å². The molecule has 0 aliphatic carbocycles. The van der Waals surface area contributed by atoms with Crippen molar-refractivity contribution in [2.24, 2.45) is 0 Å². The van der Waals surface area contributed by atoms with Crippen molar-refractivity contribution in [3.8, 4) is 67.3 Å². The summed E-state index contributed by atoms with van der Waals surface area (Å²) < 4.78 is 0.